The number of allylic oxidation sites excluding steroid dienone is 5. The van der Waals surface area contributed by atoms with Crippen molar-refractivity contribution >= 4 is 0 Å². The van der Waals surface area contributed by atoms with Crippen LogP contribution in [0.5, 0.6) is 0 Å². The normalized spacial score (nSPS) is 30.9. The Labute approximate surface area is 110 Å². The highest BCUT2D eigenvalue weighted by molar-refractivity contribution is 5.45. The molecule has 0 fully saturated rings. The Morgan fingerprint density at radius 3 is 2.72 bits per heavy atom. The summed E-state index contributed by atoms with van der Waals surface area (Å²) in [5, 5.41) is 9.16. The number of rotatable bonds is 1. The first-order valence-electron chi connectivity index (χ1n) is 6.71. The molecule has 0 aromatic carbocycles. The van der Waals surface area contributed by atoms with E-state index in [0.717, 1.165) is 18.5 Å². The highest BCUT2D eigenvalue weighted by Gasteiger charge is 2.29. The van der Waals surface area contributed by atoms with Crippen LogP contribution in [0.1, 0.15) is 40.0 Å². The van der Waals surface area contributed by atoms with Gasteiger partial charge in [0.2, 0.25) is 0 Å². The monoisotopic (exact) mass is 242 g/mol. The van der Waals surface area contributed by atoms with Crippen molar-refractivity contribution in [1.82, 2.24) is 0 Å². The summed E-state index contributed by atoms with van der Waals surface area (Å²) in [7, 11) is 0. The Bertz CT molecular complexity index is 472. The summed E-state index contributed by atoms with van der Waals surface area (Å²) in [4.78, 5) is 0. The molecule has 1 unspecified atom stereocenters. The van der Waals surface area contributed by atoms with E-state index in [2.05, 4.69) is 32.9 Å². The molecule has 2 nitrogen and oxygen atoms in total. The molecule has 2 heteroatoms. The van der Waals surface area contributed by atoms with Gasteiger partial charge in [0, 0.05) is 11.6 Å². The minimum absolute atomic E-state index is 0.0388. The molecule has 0 saturated carbocycles. The second-order valence-corrected chi connectivity index (χ2v) is 6.27. The van der Waals surface area contributed by atoms with E-state index in [1.807, 2.05) is 12.2 Å². The van der Waals surface area contributed by atoms with Crippen molar-refractivity contribution in [3.63, 3.8) is 0 Å². The predicted molar refractivity (Wildman–Crippen MR) is 74.3 cm³/mol. The molecule has 0 aromatic rings. The Hall–Kier alpha value is -1.49. The van der Waals surface area contributed by atoms with Crippen LogP contribution in [0.3, 0.4) is 0 Å². The standard InChI is InChI=1S/C16H22N2/c1-11-13(10-17)4-5-14(18)15(11)12-6-8-16(2,3)9-7-12/h4-6,11,13H,7-9,18H2,1-3H3/t11-,13?/m1/s1. The van der Waals surface area contributed by atoms with Crippen LogP contribution in [0.2, 0.25) is 0 Å². The summed E-state index contributed by atoms with van der Waals surface area (Å²) in [6, 6.07) is 2.36. The lowest BCUT2D eigenvalue weighted by atomic mass is 9.72. The number of hydrogen-bond acceptors (Lipinski definition) is 2. The highest BCUT2D eigenvalue weighted by Crippen LogP contribution is 2.41. The van der Waals surface area contributed by atoms with Crippen molar-refractivity contribution in [2.75, 3.05) is 0 Å². The molecule has 2 N–H and O–H groups in total. The molecule has 0 heterocycles. The van der Waals surface area contributed by atoms with Gasteiger partial charge in [0.05, 0.1) is 12.0 Å². The van der Waals surface area contributed by atoms with E-state index < -0.39 is 0 Å². The van der Waals surface area contributed by atoms with E-state index in [0.29, 0.717) is 5.41 Å². The van der Waals surface area contributed by atoms with Gasteiger partial charge in [-0.15, -0.1) is 0 Å². The van der Waals surface area contributed by atoms with Crippen molar-refractivity contribution in [3.8, 4) is 6.07 Å². The van der Waals surface area contributed by atoms with E-state index in [4.69, 9.17) is 11.0 Å². The lowest BCUT2D eigenvalue weighted by Gasteiger charge is -2.33. The second-order valence-electron chi connectivity index (χ2n) is 6.27. The summed E-state index contributed by atoms with van der Waals surface area (Å²) in [6.07, 6.45) is 9.55. The first-order chi connectivity index (χ1) is 8.44. The molecule has 2 rings (SSSR count). The van der Waals surface area contributed by atoms with Gasteiger partial charge >= 0.3 is 0 Å². The van der Waals surface area contributed by atoms with E-state index in [1.54, 1.807) is 0 Å². The Kier molecular flexibility index (Phi) is 3.34. The third-order valence-electron chi connectivity index (χ3n) is 4.26. The zero-order chi connectivity index (χ0) is 13.3. The molecule has 0 radical (unpaired) electrons. The minimum Gasteiger partial charge on any atom is -0.398 e. The number of nitrogens with two attached hydrogens (primary N) is 1. The third kappa shape index (κ3) is 2.36. The van der Waals surface area contributed by atoms with Gasteiger partial charge in [-0.05, 0) is 41.9 Å². The molecule has 0 saturated heterocycles. The average molecular weight is 242 g/mol. The molecule has 0 aromatic heterocycles. The van der Waals surface area contributed by atoms with Crippen LogP contribution in [0, 0.1) is 28.6 Å². The SMILES string of the molecule is C[C@H]1C(C2=CCC(C)(C)CC2)=C(N)C=CC1C#N. The molecular formula is C16H22N2. The lowest BCUT2D eigenvalue weighted by molar-refractivity contribution is 0.324. The molecule has 2 atom stereocenters. The zero-order valence-electron chi connectivity index (χ0n) is 11.5. The van der Waals surface area contributed by atoms with Crippen molar-refractivity contribution in [2.24, 2.45) is 23.0 Å². The van der Waals surface area contributed by atoms with E-state index in [-0.39, 0.29) is 11.8 Å². The first-order valence-corrected chi connectivity index (χ1v) is 6.71. The van der Waals surface area contributed by atoms with Crippen LogP contribution in [-0.4, -0.2) is 0 Å². The molecule has 0 aliphatic heterocycles. The fourth-order valence-electron chi connectivity index (χ4n) is 2.86. The predicted octanol–water partition coefficient (Wildman–Crippen LogP) is 3.68. The molecule has 2 aliphatic carbocycles. The summed E-state index contributed by atoms with van der Waals surface area (Å²) >= 11 is 0. The van der Waals surface area contributed by atoms with Crippen LogP contribution in [0.25, 0.3) is 0 Å². The highest BCUT2D eigenvalue weighted by atomic mass is 14.6. The zero-order valence-corrected chi connectivity index (χ0v) is 11.5. The van der Waals surface area contributed by atoms with Crippen LogP contribution in [0.15, 0.2) is 35.1 Å². The number of nitrogens with zero attached hydrogens (tertiary/aromatic N) is 1. The smallest absolute Gasteiger partial charge is 0.0714 e. The van der Waals surface area contributed by atoms with E-state index >= 15 is 0 Å². The van der Waals surface area contributed by atoms with Gasteiger partial charge in [-0.1, -0.05) is 32.9 Å². The molecule has 0 bridgehead atoms. The van der Waals surface area contributed by atoms with Crippen LogP contribution >= 0.6 is 0 Å². The van der Waals surface area contributed by atoms with E-state index in [9.17, 15) is 0 Å². The Balaban J connectivity index is 2.30. The van der Waals surface area contributed by atoms with E-state index in [1.165, 1.54) is 17.6 Å². The van der Waals surface area contributed by atoms with Crippen molar-refractivity contribution in [3.05, 3.63) is 35.1 Å². The lowest BCUT2D eigenvalue weighted by Crippen LogP contribution is -2.23. The molecule has 2 aliphatic rings. The van der Waals surface area contributed by atoms with Gasteiger partial charge in [0.25, 0.3) is 0 Å². The maximum Gasteiger partial charge on any atom is 0.0714 e. The van der Waals surface area contributed by atoms with Gasteiger partial charge in [-0.3, -0.25) is 0 Å². The molecular weight excluding hydrogens is 220 g/mol. The van der Waals surface area contributed by atoms with Gasteiger partial charge in [-0.2, -0.15) is 5.26 Å². The molecule has 0 amide bonds. The summed E-state index contributed by atoms with van der Waals surface area (Å²) < 4.78 is 0. The molecule has 96 valence electrons. The van der Waals surface area contributed by atoms with Gasteiger partial charge in [0.15, 0.2) is 0 Å². The molecule has 18 heavy (non-hydrogen) atoms. The summed E-state index contributed by atoms with van der Waals surface area (Å²) in [5.41, 5.74) is 9.95. The van der Waals surface area contributed by atoms with Gasteiger partial charge < -0.3 is 5.73 Å². The fraction of sp³-hybridized carbons (Fsp3) is 0.562. The van der Waals surface area contributed by atoms with Crippen molar-refractivity contribution in [1.29, 1.82) is 5.26 Å². The maximum atomic E-state index is 9.16. The van der Waals surface area contributed by atoms with Crippen molar-refractivity contribution in [2.45, 2.75) is 40.0 Å². The summed E-state index contributed by atoms with van der Waals surface area (Å²) in [5.74, 6) is 0.176. The largest absolute Gasteiger partial charge is 0.398 e. The quantitative estimate of drug-likeness (QED) is 0.762. The topological polar surface area (TPSA) is 49.8 Å². The van der Waals surface area contributed by atoms with Crippen LogP contribution in [-0.2, 0) is 0 Å². The maximum absolute atomic E-state index is 9.16. The van der Waals surface area contributed by atoms with Crippen LogP contribution in [0.4, 0.5) is 0 Å². The van der Waals surface area contributed by atoms with Gasteiger partial charge in [-0.25, -0.2) is 0 Å². The Morgan fingerprint density at radius 2 is 2.17 bits per heavy atom. The van der Waals surface area contributed by atoms with Gasteiger partial charge in [0.1, 0.15) is 0 Å². The number of nitriles is 1. The van der Waals surface area contributed by atoms with Crippen LogP contribution < -0.4 is 5.73 Å². The first kappa shape index (κ1) is 13.0. The molecule has 0 spiro atoms. The third-order valence-corrected chi connectivity index (χ3v) is 4.26. The Morgan fingerprint density at radius 1 is 1.44 bits per heavy atom. The van der Waals surface area contributed by atoms with Crippen molar-refractivity contribution < 1.29 is 0 Å². The minimum atomic E-state index is -0.0388. The second kappa shape index (κ2) is 4.65. The summed E-state index contributed by atoms with van der Waals surface area (Å²) in [6.45, 7) is 6.72. The average Bonchev–Trinajstić information content (AvgIpc) is 2.31. The fourth-order valence-corrected chi connectivity index (χ4v) is 2.86. The number of hydrogen-bond donors (Lipinski definition) is 1.